The third kappa shape index (κ3) is 13.8. The van der Waals surface area contributed by atoms with Crippen LogP contribution < -0.4 is 10.6 Å². The van der Waals surface area contributed by atoms with E-state index in [0.717, 1.165) is 24.8 Å². The van der Waals surface area contributed by atoms with Gasteiger partial charge in [-0.2, -0.15) is 0 Å². The monoisotopic (exact) mass is 934 g/mol. The molecule has 368 valence electrons. The zero-order valence-corrected chi connectivity index (χ0v) is 42.0. The Morgan fingerprint density at radius 3 is 2.23 bits per heavy atom. The third-order valence-electron chi connectivity index (χ3n) is 13.7. The molecule has 2 aliphatic heterocycles. The Morgan fingerprint density at radius 2 is 1.65 bits per heavy atom. The molecule has 3 fully saturated rings. The molecule has 16 nitrogen and oxygen atoms in total. The van der Waals surface area contributed by atoms with Gasteiger partial charge >= 0.3 is 13.7 Å². The molecule has 1 unspecified atom stereocenters. The van der Waals surface area contributed by atoms with E-state index in [9.17, 15) is 33.4 Å². The number of carbonyl (C=O) groups excluding carboxylic acids is 5. The van der Waals surface area contributed by atoms with E-state index in [1.54, 1.807) is 49.4 Å². The standard InChI is InChI=1S/C48H80N5O11P/c1-13-15-26-63-65(59,60)38(27-33-20-17-16-18-21-33)49-44(55)32(6)43(62-12)36-22-19-25-52(36)39(54)29-37(61-11)41(31(5)14-2)51(10)46(57)40(30(3)4)50-45(56)42-34-23-24-35(28-34)53(42)47(58)64-48(7,8)9/h16-18,20-21,30-32,34-38,40-43H,13-15,19,22-29H2,1-12H3,(H,49,55)(H,50,56)(H,59,60)/t31-,32+,34-,35+,36-,37+,38+,40-,41-,42-,43+/m0/s1. The second kappa shape index (κ2) is 23.9. The van der Waals surface area contributed by atoms with Gasteiger partial charge in [-0.1, -0.05) is 84.7 Å². The second-order valence-corrected chi connectivity index (χ2v) is 21.9. The maximum atomic E-state index is 14.6. The third-order valence-corrected chi connectivity index (χ3v) is 15.3. The van der Waals surface area contributed by atoms with Gasteiger partial charge in [0.05, 0.1) is 43.2 Å². The number of unbranched alkanes of at least 4 members (excludes halogenated alkanes) is 1. The van der Waals surface area contributed by atoms with Crippen LogP contribution in [0.25, 0.3) is 0 Å². The van der Waals surface area contributed by atoms with E-state index in [0.29, 0.717) is 38.6 Å². The Hall–Kier alpha value is -3.56. The number of fused-ring (bicyclic) bond motifs is 2. The maximum Gasteiger partial charge on any atom is 0.411 e. The number of hydrogen-bond donors (Lipinski definition) is 3. The lowest BCUT2D eigenvalue weighted by molar-refractivity contribution is -0.148. The summed E-state index contributed by atoms with van der Waals surface area (Å²) in [5, 5.41) is 5.85. The summed E-state index contributed by atoms with van der Waals surface area (Å²) in [6.07, 6.45) is 3.63. The van der Waals surface area contributed by atoms with Gasteiger partial charge in [0.15, 0.2) is 0 Å². The molecule has 2 bridgehead atoms. The molecule has 0 spiro atoms. The van der Waals surface area contributed by atoms with Gasteiger partial charge in [-0.25, -0.2) is 4.79 Å². The summed E-state index contributed by atoms with van der Waals surface area (Å²) in [4.78, 5) is 86.6. The van der Waals surface area contributed by atoms with Crippen molar-refractivity contribution < 1.29 is 52.2 Å². The van der Waals surface area contributed by atoms with Crippen LogP contribution >= 0.6 is 7.60 Å². The number of ether oxygens (including phenoxy) is 3. The van der Waals surface area contributed by atoms with Crippen LogP contribution in [0.4, 0.5) is 4.79 Å². The molecule has 1 aliphatic carbocycles. The van der Waals surface area contributed by atoms with E-state index in [4.69, 9.17) is 18.7 Å². The van der Waals surface area contributed by atoms with E-state index < -0.39 is 73.3 Å². The average Bonchev–Trinajstić information content (AvgIpc) is 4.02. The van der Waals surface area contributed by atoms with Crippen molar-refractivity contribution in [2.75, 3.05) is 34.4 Å². The molecular weight excluding hydrogens is 854 g/mol. The topological polar surface area (TPSA) is 193 Å². The predicted molar refractivity (Wildman–Crippen MR) is 249 cm³/mol. The van der Waals surface area contributed by atoms with E-state index in [-0.39, 0.29) is 61.0 Å². The van der Waals surface area contributed by atoms with Crippen molar-refractivity contribution in [2.24, 2.45) is 23.7 Å². The van der Waals surface area contributed by atoms with Gasteiger partial charge in [0.25, 0.3) is 0 Å². The molecule has 3 aliphatic rings. The Labute approximate surface area is 388 Å². The normalized spacial score (nSPS) is 23.8. The Morgan fingerprint density at radius 1 is 0.969 bits per heavy atom. The van der Waals surface area contributed by atoms with Crippen molar-refractivity contribution in [3.63, 3.8) is 0 Å². The Bertz CT molecular complexity index is 1800. The summed E-state index contributed by atoms with van der Waals surface area (Å²) >= 11 is 0. The first-order valence-corrected chi connectivity index (χ1v) is 25.5. The zero-order valence-electron chi connectivity index (χ0n) is 41.1. The van der Waals surface area contributed by atoms with Crippen molar-refractivity contribution in [1.29, 1.82) is 0 Å². The number of methoxy groups -OCH3 is 2. The summed E-state index contributed by atoms with van der Waals surface area (Å²) in [6, 6.07) is 6.35. The number of amides is 5. The van der Waals surface area contributed by atoms with E-state index in [2.05, 4.69) is 10.6 Å². The summed E-state index contributed by atoms with van der Waals surface area (Å²) in [7, 11) is 0.411. The highest BCUT2D eigenvalue weighted by molar-refractivity contribution is 7.53. The molecule has 5 amide bonds. The van der Waals surface area contributed by atoms with Crippen LogP contribution in [0.1, 0.15) is 126 Å². The highest BCUT2D eigenvalue weighted by Crippen LogP contribution is 2.48. The molecule has 12 atom stereocenters. The summed E-state index contributed by atoms with van der Waals surface area (Å²) in [5.41, 5.74) is 0.0301. The second-order valence-electron chi connectivity index (χ2n) is 19.8. The first kappa shape index (κ1) is 54.0. The number of likely N-dealkylation sites (tertiary alicyclic amines) is 2. The lowest BCUT2D eigenvalue weighted by Crippen LogP contribution is -2.61. The van der Waals surface area contributed by atoms with Crippen molar-refractivity contribution in [3.8, 4) is 0 Å². The number of benzene rings is 1. The minimum absolute atomic E-state index is 0.0277. The number of likely N-dealkylation sites (N-methyl/N-ethyl adjacent to an activating group) is 1. The van der Waals surface area contributed by atoms with E-state index >= 15 is 0 Å². The number of nitrogens with zero attached hydrogens (tertiary/aromatic N) is 3. The molecule has 2 saturated heterocycles. The fourth-order valence-electron chi connectivity index (χ4n) is 9.99. The largest absolute Gasteiger partial charge is 0.444 e. The molecule has 1 aromatic rings. The quantitative estimate of drug-likeness (QED) is 0.0799. The van der Waals surface area contributed by atoms with Gasteiger partial charge in [-0.15, -0.1) is 0 Å². The molecule has 0 aromatic heterocycles. The summed E-state index contributed by atoms with van der Waals surface area (Å²) in [6.45, 7) is 17.3. The molecule has 1 saturated carbocycles. The first-order valence-electron chi connectivity index (χ1n) is 23.8. The predicted octanol–water partition coefficient (Wildman–Crippen LogP) is 6.52. The van der Waals surface area contributed by atoms with Crippen molar-refractivity contribution in [2.45, 2.75) is 180 Å². The molecule has 0 radical (unpaired) electrons. The molecule has 2 heterocycles. The molecular formula is C48H80N5O11P. The van der Waals surface area contributed by atoms with Gasteiger partial charge in [-0.3, -0.25) is 28.6 Å². The van der Waals surface area contributed by atoms with Gasteiger partial charge in [-0.05, 0) is 82.6 Å². The van der Waals surface area contributed by atoms with Crippen LogP contribution in [-0.2, 0) is 48.9 Å². The number of rotatable bonds is 23. The van der Waals surface area contributed by atoms with Crippen LogP contribution in [0.15, 0.2) is 30.3 Å². The number of nitrogens with one attached hydrogen (secondary N) is 2. The average molecular weight is 934 g/mol. The SMILES string of the molecule is CCCCOP(=O)(O)[C@H](Cc1ccccc1)NC(=O)[C@H](C)[C@@H](OC)[C@@H]1CCCN1C(=O)C[C@@H](OC)[C@H]([C@@H](C)CC)N(C)C(=O)[C@@H](NC(=O)[C@@H]1[C@H]2CC[C@H](C2)N1C(=O)OC(C)(C)C)C(C)C. The number of piperidine rings is 1. The lowest BCUT2D eigenvalue weighted by Gasteiger charge is -2.41. The maximum absolute atomic E-state index is 14.6. The van der Waals surface area contributed by atoms with Gasteiger partial charge in [0.2, 0.25) is 23.6 Å². The van der Waals surface area contributed by atoms with Crippen LogP contribution in [0.2, 0.25) is 0 Å². The Balaban J connectivity index is 1.50. The number of hydrogen-bond acceptors (Lipinski definition) is 10. The fraction of sp³-hybridized carbons (Fsp3) is 0.771. The van der Waals surface area contributed by atoms with Crippen molar-refractivity contribution in [1.82, 2.24) is 25.3 Å². The summed E-state index contributed by atoms with van der Waals surface area (Å²) < 4.78 is 36.8. The zero-order chi connectivity index (χ0) is 48.4. The minimum Gasteiger partial charge on any atom is -0.444 e. The van der Waals surface area contributed by atoms with Crippen LogP contribution in [0, 0.1) is 23.7 Å². The summed E-state index contributed by atoms with van der Waals surface area (Å²) in [5.74, 6) is -3.89. The lowest BCUT2D eigenvalue weighted by atomic mass is 9.89. The minimum atomic E-state index is -4.30. The molecule has 17 heteroatoms. The molecule has 1 aromatic carbocycles. The van der Waals surface area contributed by atoms with Gasteiger partial charge < -0.3 is 44.1 Å². The number of carbonyl (C=O) groups is 5. The van der Waals surface area contributed by atoms with Gasteiger partial charge in [0, 0.05) is 40.3 Å². The van der Waals surface area contributed by atoms with E-state index in [1.165, 1.54) is 14.2 Å². The first-order chi connectivity index (χ1) is 30.6. The van der Waals surface area contributed by atoms with Crippen molar-refractivity contribution in [3.05, 3.63) is 35.9 Å². The van der Waals surface area contributed by atoms with Gasteiger partial charge in [0.1, 0.15) is 23.5 Å². The van der Waals surface area contributed by atoms with Crippen LogP contribution in [-0.4, -0.2) is 138 Å². The molecule has 3 N–H and O–H groups in total. The smallest absolute Gasteiger partial charge is 0.411 e. The van der Waals surface area contributed by atoms with E-state index in [1.807, 2.05) is 65.0 Å². The highest BCUT2D eigenvalue weighted by Gasteiger charge is 2.53. The van der Waals surface area contributed by atoms with Crippen LogP contribution in [0.3, 0.4) is 0 Å². The van der Waals surface area contributed by atoms with Crippen LogP contribution in [0.5, 0.6) is 0 Å². The molecule has 4 rings (SSSR count). The molecule has 65 heavy (non-hydrogen) atoms. The van der Waals surface area contributed by atoms with Crippen molar-refractivity contribution >= 4 is 37.3 Å². The highest BCUT2D eigenvalue weighted by atomic mass is 31.2. The fourth-order valence-corrected chi connectivity index (χ4v) is 11.3. The Kier molecular flexibility index (Phi) is 19.9.